The van der Waals surface area contributed by atoms with Crippen LogP contribution in [0.15, 0.2) is 60.8 Å². The monoisotopic (exact) mass is 418 g/mol. The number of carbonyl (C=O) groups is 2. The van der Waals surface area contributed by atoms with Gasteiger partial charge in [-0.1, -0.05) is 18.2 Å². The average molecular weight is 418 g/mol. The van der Waals surface area contributed by atoms with Gasteiger partial charge in [-0.3, -0.25) is 9.59 Å². The average Bonchev–Trinajstić information content (AvgIpc) is 2.80. The van der Waals surface area contributed by atoms with Gasteiger partial charge in [-0.05, 0) is 56.2 Å². The minimum Gasteiger partial charge on any atom is -0.339 e. The van der Waals surface area contributed by atoms with Crippen molar-refractivity contribution in [2.75, 3.05) is 18.4 Å². The number of likely N-dealkylation sites (tertiary alicyclic amines) is 1. The zero-order chi connectivity index (χ0) is 21.8. The first-order valence-corrected chi connectivity index (χ1v) is 10.3. The Morgan fingerprint density at radius 3 is 2.35 bits per heavy atom. The number of hydrogen-bond acceptors (Lipinski definition) is 4. The van der Waals surface area contributed by atoms with Gasteiger partial charge in [0, 0.05) is 36.5 Å². The van der Waals surface area contributed by atoms with Gasteiger partial charge in [0.05, 0.1) is 11.3 Å². The van der Waals surface area contributed by atoms with E-state index in [-0.39, 0.29) is 23.5 Å². The van der Waals surface area contributed by atoms with Gasteiger partial charge in [-0.2, -0.15) is 0 Å². The molecule has 1 aromatic heterocycles. The Kier molecular flexibility index (Phi) is 6.02. The predicted octanol–water partition coefficient (Wildman–Crippen LogP) is 4.20. The number of benzene rings is 2. The van der Waals surface area contributed by atoms with Gasteiger partial charge in [0.1, 0.15) is 11.6 Å². The van der Waals surface area contributed by atoms with Crippen LogP contribution >= 0.6 is 0 Å². The highest BCUT2D eigenvalue weighted by Crippen LogP contribution is 2.27. The van der Waals surface area contributed by atoms with Crippen molar-refractivity contribution >= 4 is 17.5 Å². The van der Waals surface area contributed by atoms with Crippen molar-refractivity contribution in [1.82, 2.24) is 14.9 Å². The van der Waals surface area contributed by atoms with E-state index < -0.39 is 0 Å². The van der Waals surface area contributed by atoms with Crippen LogP contribution in [0.5, 0.6) is 0 Å². The van der Waals surface area contributed by atoms with Gasteiger partial charge in [0.25, 0.3) is 11.8 Å². The third-order valence-corrected chi connectivity index (χ3v) is 5.51. The molecule has 0 bridgehead atoms. The summed E-state index contributed by atoms with van der Waals surface area (Å²) in [4.78, 5) is 36.0. The Bertz CT molecular complexity index is 1080. The number of carbonyl (C=O) groups excluding carboxylic acids is 2. The fourth-order valence-electron chi connectivity index (χ4n) is 3.74. The summed E-state index contributed by atoms with van der Waals surface area (Å²) in [6, 6.07) is 14.9. The molecular weight excluding hydrogens is 395 g/mol. The minimum absolute atomic E-state index is 0.0453. The summed E-state index contributed by atoms with van der Waals surface area (Å²) in [6.45, 7) is 3.07. The maximum atomic E-state index is 13.0. The third-order valence-electron chi connectivity index (χ3n) is 5.51. The molecule has 0 atom stereocenters. The van der Waals surface area contributed by atoms with Crippen LogP contribution in [-0.2, 0) is 0 Å². The zero-order valence-electron chi connectivity index (χ0n) is 17.2. The Morgan fingerprint density at radius 1 is 1.03 bits per heavy atom. The molecule has 1 aliphatic heterocycles. The van der Waals surface area contributed by atoms with E-state index in [4.69, 9.17) is 0 Å². The maximum absolute atomic E-state index is 13.0. The van der Waals surface area contributed by atoms with Crippen LogP contribution in [0.1, 0.15) is 51.0 Å². The van der Waals surface area contributed by atoms with Crippen LogP contribution in [0.25, 0.3) is 0 Å². The first-order chi connectivity index (χ1) is 15.0. The summed E-state index contributed by atoms with van der Waals surface area (Å²) in [7, 11) is 0. The molecule has 7 heteroatoms. The summed E-state index contributed by atoms with van der Waals surface area (Å²) < 4.78 is 13.0. The number of anilines is 1. The van der Waals surface area contributed by atoms with Crippen LogP contribution in [0.3, 0.4) is 0 Å². The fraction of sp³-hybridized carbons (Fsp3) is 0.250. The Balaban J connectivity index is 1.39. The molecule has 0 aliphatic carbocycles. The van der Waals surface area contributed by atoms with Gasteiger partial charge >= 0.3 is 0 Å². The number of nitrogens with zero attached hydrogens (tertiary/aromatic N) is 3. The zero-order valence-corrected chi connectivity index (χ0v) is 17.2. The molecule has 6 nitrogen and oxygen atoms in total. The van der Waals surface area contributed by atoms with Crippen LogP contribution in [0.2, 0.25) is 0 Å². The van der Waals surface area contributed by atoms with E-state index in [9.17, 15) is 14.0 Å². The first-order valence-electron chi connectivity index (χ1n) is 10.3. The van der Waals surface area contributed by atoms with Crippen molar-refractivity contribution in [3.8, 4) is 0 Å². The predicted molar refractivity (Wildman–Crippen MR) is 115 cm³/mol. The van der Waals surface area contributed by atoms with Gasteiger partial charge in [-0.25, -0.2) is 14.4 Å². The highest BCUT2D eigenvalue weighted by molar-refractivity contribution is 6.04. The van der Waals surface area contributed by atoms with E-state index >= 15 is 0 Å². The van der Waals surface area contributed by atoms with Gasteiger partial charge in [0.2, 0.25) is 0 Å². The molecule has 0 unspecified atom stereocenters. The number of nitrogens with one attached hydrogen (secondary N) is 1. The van der Waals surface area contributed by atoms with Crippen molar-refractivity contribution in [3.05, 3.63) is 89.3 Å². The topological polar surface area (TPSA) is 75.2 Å². The molecule has 4 rings (SSSR count). The molecule has 0 spiro atoms. The van der Waals surface area contributed by atoms with Crippen LogP contribution in [-0.4, -0.2) is 39.8 Å². The summed E-state index contributed by atoms with van der Waals surface area (Å²) in [5.41, 5.74) is 2.17. The number of amides is 2. The minimum atomic E-state index is -0.363. The van der Waals surface area contributed by atoms with Crippen molar-refractivity contribution in [3.63, 3.8) is 0 Å². The highest BCUT2D eigenvalue weighted by atomic mass is 19.1. The third kappa shape index (κ3) is 4.77. The lowest BCUT2D eigenvalue weighted by molar-refractivity contribution is 0.0710. The maximum Gasteiger partial charge on any atom is 0.259 e. The largest absolute Gasteiger partial charge is 0.339 e. The van der Waals surface area contributed by atoms with E-state index in [0.717, 1.165) is 12.8 Å². The number of hydrogen-bond donors (Lipinski definition) is 1. The summed E-state index contributed by atoms with van der Waals surface area (Å²) in [5.74, 6) is 0.191. The molecule has 31 heavy (non-hydrogen) atoms. The second-order valence-electron chi connectivity index (χ2n) is 7.62. The second-order valence-corrected chi connectivity index (χ2v) is 7.62. The molecule has 0 saturated carbocycles. The molecule has 2 amide bonds. The van der Waals surface area contributed by atoms with E-state index in [1.807, 2.05) is 35.2 Å². The SMILES string of the molecule is Cc1nc(C2CCN(C(=O)c3ccccc3)CC2)ncc1C(=O)Nc1ccc(F)cc1. The molecule has 1 N–H and O–H groups in total. The van der Waals surface area contributed by atoms with Crippen LogP contribution in [0.4, 0.5) is 10.1 Å². The molecule has 1 saturated heterocycles. The summed E-state index contributed by atoms with van der Waals surface area (Å²) in [6.07, 6.45) is 3.09. The van der Waals surface area contributed by atoms with E-state index in [0.29, 0.717) is 41.4 Å². The lowest BCUT2D eigenvalue weighted by Gasteiger charge is -2.31. The summed E-state index contributed by atoms with van der Waals surface area (Å²) >= 11 is 0. The number of aryl methyl sites for hydroxylation is 1. The van der Waals surface area contributed by atoms with E-state index in [1.54, 1.807) is 6.92 Å². The molecule has 2 aromatic carbocycles. The number of aromatic nitrogens is 2. The summed E-state index contributed by atoms with van der Waals surface area (Å²) in [5, 5.41) is 2.73. The van der Waals surface area contributed by atoms with Crippen molar-refractivity contribution in [2.24, 2.45) is 0 Å². The lowest BCUT2D eigenvalue weighted by atomic mass is 9.95. The van der Waals surface area contributed by atoms with E-state index in [1.165, 1.54) is 30.5 Å². The van der Waals surface area contributed by atoms with E-state index in [2.05, 4.69) is 15.3 Å². The molecule has 158 valence electrons. The smallest absolute Gasteiger partial charge is 0.259 e. The van der Waals surface area contributed by atoms with Crippen molar-refractivity contribution < 1.29 is 14.0 Å². The Morgan fingerprint density at radius 2 is 1.71 bits per heavy atom. The van der Waals surface area contributed by atoms with Crippen LogP contribution < -0.4 is 5.32 Å². The van der Waals surface area contributed by atoms with Gasteiger partial charge in [0.15, 0.2) is 0 Å². The first kappa shape index (κ1) is 20.7. The number of piperidine rings is 1. The number of rotatable bonds is 4. The molecule has 1 fully saturated rings. The second kappa shape index (κ2) is 9.04. The molecular formula is C24H23FN4O2. The fourth-order valence-corrected chi connectivity index (χ4v) is 3.74. The van der Waals surface area contributed by atoms with Gasteiger partial charge in [-0.15, -0.1) is 0 Å². The number of halogens is 1. The normalized spacial score (nSPS) is 14.3. The van der Waals surface area contributed by atoms with Crippen molar-refractivity contribution in [2.45, 2.75) is 25.7 Å². The standard InChI is InChI=1S/C24H23FN4O2/c1-16-21(23(30)28-20-9-7-19(25)8-10-20)15-26-22(27-16)17-11-13-29(14-12-17)24(31)18-5-3-2-4-6-18/h2-10,15,17H,11-14H2,1H3,(H,28,30). The molecule has 0 radical (unpaired) electrons. The van der Waals surface area contributed by atoms with Crippen molar-refractivity contribution in [1.29, 1.82) is 0 Å². The quantitative estimate of drug-likeness (QED) is 0.689. The lowest BCUT2D eigenvalue weighted by Crippen LogP contribution is -2.38. The Labute approximate surface area is 180 Å². The van der Waals surface area contributed by atoms with Gasteiger partial charge < -0.3 is 10.2 Å². The Hall–Kier alpha value is -3.61. The molecule has 3 aromatic rings. The van der Waals surface area contributed by atoms with Crippen LogP contribution in [0, 0.1) is 12.7 Å². The molecule has 1 aliphatic rings. The highest BCUT2D eigenvalue weighted by Gasteiger charge is 2.26. The molecule has 2 heterocycles.